The van der Waals surface area contributed by atoms with Crippen LogP contribution in [0, 0.1) is 6.92 Å². The van der Waals surface area contributed by atoms with Gasteiger partial charge in [-0.25, -0.2) is 9.97 Å². The van der Waals surface area contributed by atoms with Crippen molar-refractivity contribution in [1.29, 1.82) is 0 Å². The lowest BCUT2D eigenvalue weighted by atomic mass is 10.2. The molecule has 0 aromatic carbocycles. The molecule has 4 heteroatoms. The number of hydrogen-bond acceptors (Lipinski definition) is 4. The van der Waals surface area contributed by atoms with Gasteiger partial charge in [-0.1, -0.05) is 0 Å². The molecule has 0 spiro atoms. The summed E-state index contributed by atoms with van der Waals surface area (Å²) in [6.45, 7) is 7.21. The Balaban J connectivity index is 2.14. The third kappa shape index (κ3) is 2.01. The Morgan fingerprint density at radius 2 is 2.43 bits per heavy atom. The number of anilines is 1. The highest BCUT2D eigenvalue weighted by molar-refractivity contribution is 5.38. The summed E-state index contributed by atoms with van der Waals surface area (Å²) >= 11 is 0. The zero-order chi connectivity index (χ0) is 9.97. The Kier molecular flexibility index (Phi) is 2.63. The van der Waals surface area contributed by atoms with Gasteiger partial charge < -0.3 is 10.2 Å². The number of aromatic nitrogens is 2. The summed E-state index contributed by atoms with van der Waals surface area (Å²) in [5.74, 6) is 1.89. The summed E-state index contributed by atoms with van der Waals surface area (Å²) in [7, 11) is 0. The van der Waals surface area contributed by atoms with E-state index in [4.69, 9.17) is 0 Å². The molecular weight excluding hydrogens is 176 g/mol. The SMILES string of the molecule is Cc1nccc(N2CCN[C@H](C)C2)n1. The standard InChI is InChI=1S/C10H16N4/c1-8-7-14(6-5-11-8)10-3-4-12-9(2)13-10/h3-4,8,11H,5-7H2,1-2H3/t8-/m1/s1. The van der Waals surface area contributed by atoms with Crippen molar-refractivity contribution in [2.45, 2.75) is 19.9 Å². The van der Waals surface area contributed by atoms with E-state index in [-0.39, 0.29) is 0 Å². The van der Waals surface area contributed by atoms with E-state index in [1.54, 1.807) is 0 Å². The fourth-order valence-electron chi connectivity index (χ4n) is 1.76. The van der Waals surface area contributed by atoms with Crippen LogP contribution >= 0.6 is 0 Å². The van der Waals surface area contributed by atoms with E-state index in [1.165, 1.54) is 0 Å². The van der Waals surface area contributed by atoms with Crippen molar-refractivity contribution in [2.24, 2.45) is 0 Å². The fraction of sp³-hybridized carbons (Fsp3) is 0.600. The van der Waals surface area contributed by atoms with Gasteiger partial charge in [0.2, 0.25) is 0 Å². The lowest BCUT2D eigenvalue weighted by Gasteiger charge is -2.32. The maximum Gasteiger partial charge on any atom is 0.132 e. The summed E-state index contributed by atoms with van der Waals surface area (Å²) < 4.78 is 0. The number of rotatable bonds is 1. The molecule has 0 unspecified atom stereocenters. The van der Waals surface area contributed by atoms with Crippen LogP contribution in [0.4, 0.5) is 5.82 Å². The Labute approximate surface area is 84.4 Å². The lowest BCUT2D eigenvalue weighted by molar-refractivity contribution is 0.482. The fourth-order valence-corrected chi connectivity index (χ4v) is 1.76. The van der Waals surface area contributed by atoms with Crippen molar-refractivity contribution >= 4 is 5.82 Å². The molecule has 2 heterocycles. The monoisotopic (exact) mass is 192 g/mol. The minimum atomic E-state index is 0.541. The average molecular weight is 192 g/mol. The molecule has 1 atom stereocenters. The van der Waals surface area contributed by atoms with Crippen LogP contribution < -0.4 is 10.2 Å². The second-order valence-corrected chi connectivity index (χ2v) is 3.76. The smallest absolute Gasteiger partial charge is 0.132 e. The topological polar surface area (TPSA) is 41.1 Å². The van der Waals surface area contributed by atoms with E-state index in [9.17, 15) is 0 Å². The molecule has 1 aliphatic heterocycles. The Hall–Kier alpha value is -1.16. The Morgan fingerprint density at radius 3 is 3.14 bits per heavy atom. The van der Waals surface area contributed by atoms with Crippen LogP contribution in [0.3, 0.4) is 0 Å². The number of aryl methyl sites for hydroxylation is 1. The zero-order valence-corrected chi connectivity index (χ0v) is 8.70. The van der Waals surface area contributed by atoms with E-state index < -0.39 is 0 Å². The molecule has 0 amide bonds. The molecular formula is C10H16N4. The number of nitrogens with zero attached hydrogens (tertiary/aromatic N) is 3. The molecule has 0 saturated carbocycles. The molecule has 1 N–H and O–H groups in total. The van der Waals surface area contributed by atoms with E-state index in [0.29, 0.717) is 6.04 Å². The second-order valence-electron chi connectivity index (χ2n) is 3.76. The van der Waals surface area contributed by atoms with Crippen molar-refractivity contribution in [1.82, 2.24) is 15.3 Å². The normalized spacial score (nSPS) is 22.4. The minimum Gasteiger partial charge on any atom is -0.354 e. The van der Waals surface area contributed by atoms with Gasteiger partial charge in [-0.3, -0.25) is 0 Å². The van der Waals surface area contributed by atoms with Gasteiger partial charge in [-0.15, -0.1) is 0 Å². The molecule has 1 aromatic heterocycles. The van der Waals surface area contributed by atoms with Crippen LogP contribution in [0.2, 0.25) is 0 Å². The van der Waals surface area contributed by atoms with Crippen molar-refractivity contribution in [3.63, 3.8) is 0 Å². The highest BCUT2D eigenvalue weighted by Crippen LogP contribution is 2.11. The molecule has 1 aliphatic rings. The highest BCUT2D eigenvalue weighted by atomic mass is 15.2. The van der Waals surface area contributed by atoms with Crippen LogP contribution in [0.1, 0.15) is 12.7 Å². The Morgan fingerprint density at radius 1 is 1.57 bits per heavy atom. The second kappa shape index (κ2) is 3.92. The van der Waals surface area contributed by atoms with E-state index >= 15 is 0 Å². The van der Waals surface area contributed by atoms with Crippen molar-refractivity contribution < 1.29 is 0 Å². The maximum atomic E-state index is 4.42. The summed E-state index contributed by atoms with van der Waals surface area (Å²) in [6.07, 6.45) is 1.82. The van der Waals surface area contributed by atoms with Crippen LogP contribution in [0.5, 0.6) is 0 Å². The summed E-state index contributed by atoms with van der Waals surface area (Å²) in [5, 5.41) is 3.41. The summed E-state index contributed by atoms with van der Waals surface area (Å²) in [6, 6.07) is 2.52. The largest absolute Gasteiger partial charge is 0.354 e. The molecule has 2 rings (SSSR count). The zero-order valence-electron chi connectivity index (χ0n) is 8.70. The van der Waals surface area contributed by atoms with Crippen molar-refractivity contribution in [3.05, 3.63) is 18.1 Å². The summed E-state index contributed by atoms with van der Waals surface area (Å²) in [5.41, 5.74) is 0. The number of piperazine rings is 1. The van der Waals surface area contributed by atoms with E-state index in [1.807, 2.05) is 19.2 Å². The van der Waals surface area contributed by atoms with Crippen LogP contribution in [0.25, 0.3) is 0 Å². The molecule has 0 radical (unpaired) electrons. The summed E-state index contributed by atoms with van der Waals surface area (Å²) in [4.78, 5) is 10.8. The predicted molar refractivity (Wildman–Crippen MR) is 56.4 cm³/mol. The average Bonchev–Trinajstić information content (AvgIpc) is 2.18. The molecule has 1 fully saturated rings. The van der Waals surface area contributed by atoms with Crippen LogP contribution in [-0.2, 0) is 0 Å². The van der Waals surface area contributed by atoms with Gasteiger partial charge in [-0.05, 0) is 19.9 Å². The first-order valence-electron chi connectivity index (χ1n) is 5.03. The van der Waals surface area contributed by atoms with Gasteiger partial charge in [-0.2, -0.15) is 0 Å². The minimum absolute atomic E-state index is 0.541. The predicted octanol–water partition coefficient (Wildman–Crippen LogP) is 0.583. The van der Waals surface area contributed by atoms with Gasteiger partial charge in [0.25, 0.3) is 0 Å². The molecule has 0 bridgehead atoms. The molecule has 0 aliphatic carbocycles. The van der Waals surface area contributed by atoms with Gasteiger partial charge in [0.1, 0.15) is 11.6 Å². The maximum absolute atomic E-state index is 4.42. The number of hydrogen-bond donors (Lipinski definition) is 1. The van der Waals surface area contributed by atoms with Crippen molar-refractivity contribution in [2.75, 3.05) is 24.5 Å². The Bertz CT molecular complexity index is 313. The molecule has 14 heavy (non-hydrogen) atoms. The van der Waals surface area contributed by atoms with Gasteiger partial charge in [0, 0.05) is 31.9 Å². The van der Waals surface area contributed by atoms with Crippen LogP contribution in [-0.4, -0.2) is 35.6 Å². The molecule has 76 valence electrons. The molecule has 4 nitrogen and oxygen atoms in total. The first kappa shape index (κ1) is 9.40. The van der Waals surface area contributed by atoms with Gasteiger partial charge in [0.15, 0.2) is 0 Å². The van der Waals surface area contributed by atoms with Gasteiger partial charge in [0.05, 0.1) is 0 Å². The van der Waals surface area contributed by atoms with E-state index in [2.05, 4.69) is 27.1 Å². The van der Waals surface area contributed by atoms with Gasteiger partial charge >= 0.3 is 0 Å². The highest BCUT2D eigenvalue weighted by Gasteiger charge is 2.16. The first-order chi connectivity index (χ1) is 6.75. The lowest BCUT2D eigenvalue weighted by Crippen LogP contribution is -2.49. The molecule has 1 saturated heterocycles. The molecule has 1 aromatic rings. The van der Waals surface area contributed by atoms with E-state index in [0.717, 1.165) is 31.3 Å². The number of nitrogens with one attached hydrogen (secondary N) is 1. The third-order valence-electron chi connectivity index (χ3n) is 2.45. The van der Waals surface area contributed by atoms with Crippen molar-refractivity contribution in [3.8, 4) is 0 Å². The third-order valence-corrected chi connectivity index (χ3v) is 2.45. The quantitative estimate of drug-likeness (QED) is 0.707. The first-order valence-corrected chi connectivity index (χ1v) is 5.03. The van der Waals surface area contributed by atoms with Crippen LogP contribution in [0.15, 0.2) is 12.3 Å².